The highest BCUT2D eigenvalue weighted by Gasteiger charge is 2.10. The maximum Gasteiger partial charge on any atom is 0.234 e. The molecule has 0 aliphatic heterocycles. The number of rotatable bonds is 8. The van der Waals surface area contributed by atoms with E-state index in [1.165, 1.54) is 23.1 Å². The second-order valence-electron chi connectivity index (χ2n) is 5.65. The minimum Gasteiger partial charge on any atom is -0.360 e. The van der Waals surface area contributed by atoms with E-state index in [9.17, 15) is 4.79 Å². The van der Waals surface area contributed by atoms with Crippen LogP contribution >= 0.6 is 34.9 Å². The molecule has 2 N–H and O–H groups in total. The molecule has 1 aromatic heterocycles. The molecule has 0 unspecified atom stereocenters. The Hall–Kier alpha value is -1.76. The number of nitrogens with zero attached hydrogens (tertiary/aromatic N) is 3. The lowest BCUT2D eigenvalue weighted by molar-refractivity contribution is -0.113. The van der Waals surface area contributed by atoms with Gasteiger partial charge in [-0.25, -0.2) is 0 Å². The van der Waals surface area contributed by atoms with Crippen LogP contribution in [0.1, 0.15) is 19.4 Å². The minimum atomic E-state index is -0.0966. The molecule has 2 rings (SSSR count). The van der Waals surface area contributed by atoms with E-state index in [4.69, 9.17) is 5.26 Å². The van der Waals surface area contributed by atoms with Gasteiger partial charge >= 0.3 is 0 Å². The molecule has 25 heavy (non-hydrogen) atoms. The van der Waals surface area contributed by atoms with E-state index in [0.717, 1.165) is 43.9 Å². The molecule has 1 aromatic carbocycles. The highest BCUT2D eigenvalue weighted by Crippen LogP contribution is 2.26. The Balaban J connectivity index is 1.84. The van der Waals surface area contributed by atoms with Crippen LogP contribution in [-0.2, 0) is 4.79 Å². The molecule has 6 nitrogen and oxygen atoms in total. The Bertz CT molecular complexity index is 769. The lowest BCUT2D eigenvalue weighted by atomic mass is 10.2. The number of hydrogen-bond acceptors (Lipinski definition) is 8. The molecule has 0 aliphatic carbocycles. The highest BCUT2D eigenvalue weighted by molar-refractivity contribution is 8.03. The molecule has 0 spiro atoms. The molecular formula is C16H19N5OS3. The molecule has 0 aliphatic rings. The van der Waals surface area contributed by atoms with Gasteiger partial charge in [0, 0.05) is 17.1 Å². The summed E-state index contributed by atoms with van der Waals surface area (Å²) in [6, 6.07) is 5.52. The molecule has 132 valence electrons. The fraction of sp³-hybridized carbons (Fsp3) is 0.375. The van der Waals surface area contributed by atoms with Gasteiger partial charge in [-0.3, -0.25) is 4.79 Å². The second-order valence-corrected chi connectivity index (χ2v) is 8.71. The standard InChI is InChI=1S/C16H19N5OS3/c1-10(2)7-18-15-20-21-16(25-15)23-8-14(22)19-13-5-4-12(24-9-17)6-11(13)3/h4-6,10H,7-8H2,1-3H3,(H,18,20)(H,19,22). The van der Waals surface area contributed by atoms with Crippen molar-refractivity contribution in [3.63, 3.8) is 0 Å². The highest BCUT2D eigenvalue weighted by atomic mass is 32.2. The number of amides is 1. The number of nitrogens with one attached hydrogen (secondary N) is 2. The predicted molar refractivity (Wildman–Crippen MR) is 105 cm³/mol. The van der Waals surface area contributed by atoms with Crippen LogP contribution in [0.2, 0.25) is 0 Å². The zero-order valence-electron chi connectivity index (χ0n) is 14.2. The van der Waals surface area contributed by atoms with Crippen molar-refractivity contribution in [2.24, 2.45) is 5.92 Å². The summed E-state index contributed by atoms with van der Waals surface area (Å²) in [6.45, 7) is 7.00. The first-order chi connectivity index (χ1) is 12.0. The van der Waals surface area contributed by atoms with Gasteiger partial charge in [-0.05, 0) is 48.4 Å². The maximum absolute atomic E-state index is 12.1. The summed E-state index contributed by atoms with van der Waals surface area (Å²) in [4.78, 5) is 13.0. The Morgan fingerprint density at radius 2 is 2.20 bits per heavy atom. The fourth-order valence-corrected chi connectivity index (χ4v) is 3.87. The zero-order chi connectivity index (χ0) is 18.2. The summed E-state index contributed by atoms with van der Waals surface area (Å²) in [5.41, 5.74) is 1.68. The maximum atomic E-state index is 12.1. The van der Waals surface area contributed by atoms with E-state index >= 15 is 0 Å². The molecule has 0 atom stereocenters. The number of anilines is 2. The normalized spacial score (nSPS) is 10.5. The van der Waals surface area contributed by atoms with Gasteiger partial charge in [-0.1, -0.05) is 36.9 Å². The molecule has 1 heterocycles. The summed E-state index contributed by atoms with van der Waals surface area (Å²) in [5.74, 6) is 0.708. The fourth-order valence-electron chi connectivity index (χ4n) is 1.84. The Kier molecular flexibility index (Phi) is 7.55. The van der Waals surface area contributed by atoms with Crippen LogP contribution in [0.4, 0.5) is 10.8 Å². The number of thiocyanates is 1. The van der Waals surface area contributed by atoms with Crippen molar-refractivity contribution in [3.8, 4) is 5.40 Å². The van der Waals surface area contributed by atoms with Gasteiger partial charge < -0.3 is 10.6 Å². The predicted octanol–water partition coefficient (Wildman–Crippen LogP) is 4.22. The van der Waals surface area contributed by atoms with Gasteiger partial charge in [0.1, 0.15) is 5.40 Å². The van der Waals surface area contributed by atoms with Gasteiger partial charge in [0.25, 0.3) is 0 Å². The van der Waals surface area contributed by atoms with Gasteiger partial charge in [0.05, 0.1) is 5.75 Å². The monoisotopic (exact) mass is 393 g/mol. The zero-order valence-corrected chi connectivity index (χ0v) is 16.6. The van der Waals surface area contributed by atoms with Crippen molar-refractivity contribution in [2.45, 2.75) is 30.0 Å². The van der Waals surface area contributed by atoms with Gasteiger partial charge in [-0.15, -0.1) is 10.2 Å². The topological polar surface area (TPSA) is 90.7 Å². The average molecular weight is 394 g/mol. The van der Waals surface area contributed by atoms with E-state index in [0.29, 0.717) is 5.92 Å². The van der Waals surface area contributed by atoms with Crippen molar-refractivity contribution in [2.75, 3.05) is 22.9 Å². The Morgan fingerprint density at radius 1 is 1.40 bits per heavy atom. The van der Waals surface area contributed by atoms with Crippen LogP contribution in [0.15, 0.2) is 27.4 Å². The number of thioether (sulfide) groups is 2. The molecular weight excluding hydrogens is 374 g/mol. The van der Waals surface area contributed by atoms with Crippen molar-refractivity contribution < 1.29 is 4.79 Å². The average Bonchev–Trinajstić information content (AvgIpc) is 3.02. The van der Waals surface area contributed by atoms with Crippen LogP contribution in [0.3, 0.4) is 0 Å². The molecule has 0 fully saturated rings. The largest absolute Gasteiger partial charge is 0.360 e. The summed E-state index contributed by atoms with van der Waals surface area (Å²) >= 11 is 3.92. The van der Waals surface area contributed by atoms with E-state index in [1.54, 1.807) is 0 Å². The Labute approximate surface area is 159 Å². The third-order valence-corrected chi connectivity index (χ3v) is 5.63. The molecule has 2 aromatic rings. The SMILES string of the molecule is Cc1cc(SC#N)ccc1NC(=O)CSc1nnc(NCC(C)C)s1. The van der Waals surface area contributed by atoms with E-state index in [1.807, 2.05) is 30.5 Å². The third kappa shape index (κ3) is 6.57. The van der Waals surface area contributed by atoms with Crippen molar-refractivity contribution in [1.29, 1.82) is 5.26 Å². The molecule has 9 heteroatoms. The lowest BCUT2D eigenvalue weighted by Crippen LogP contribution is -2.14. The molecule has 0 saturated carbocycles. The number of aromatic nitrogens is 2. The van der Waals surface area contributed by atoms with Crippen molar-refractivity contribution in [3.05, 3.63) is 23.8 Å². The summed E-state index contributed by atoms with van der Waals surface area (Å²) < 4.78 is 0.763. The van der Waals surface area contributed by atoms with E-state index in [2.05, 4.69) is 34.7 Å². The number of nitriles is 1. The van der Waals surface area contributed by atoms with Crippen LogP contribution < -0.4 is 10.6 Å². The minimum absolute atomic E-state index is 0.0966. The first kappa shape index (κ1) is 19.6. The van der Waals surface area contributed by atoms with Crippen LogP contribution in [0.25, 0.3) is 0 Å². The first-order valence-electron chi connectivity index (χ1n) is 7.64. The molecule has 0 bridgehead atoms. The quantitative estimate of drug-likeness (QED) is 0.512. The molecule has 1 amide bonds. The number of carbonyl (C=O) groups is 1. The second kappa shape index (κ2) is 9.65. The number of carbonyl (C=O) groups excluding carboxylic acids is 1. The van der Waals surface area contributed by atoms with Crippen molar-refractivity contribution in [1.82, 2.24) is 10.2 Å². The summed E-state index contributed by atoms with van der Waals surface area (Å²) in [7, 11) is 0. The number of aryl methyl sites for hydroxylation is 1. The van der Waals surface area contributed by atoms with Crippen LogP contribution in [-0.4, -0.2) is 28.4 Å². The van der Waals surface area contributed by atoms with Gasteiger partial charge in [0.15, 0.2) is 4.34 Å². The van der Waals surface area contributed by atoms with Crippen LogP contribution in [0.5, 0.6) is 0 Å². The van der Waals surface area contributed by atoms with Crippen LogP contribution in [0, 0.1) is 23.5 Å². The van der Waals surface area contributed by atoms with E-state index < -0.39 is 0 Å². The third-order valence-electron chi connectivity index (χ3n) is 3.03. The summed E-state index contributed by atoms with van der Waals surface area (Å²) in [6.07, 6.45) is 0. The van der Waals surface area contributed by atoms with E-state index in [-0.39, 0.29) is 11.7 Å². The molecule has 0 saturated heterocycles. The number of hydrogen-bond donors (Lipinski definition) is 2. The Morgan fingerprint density at radius 3 is 2.88 bits per heavy atom. The van der Waals surface area contributed by atoms with Gasteiger partial charge in [0.2, 0.25) is 11.0 Å². The summed E-state index contributed by atoms with van der Waals surface area (Å²) in [5, 5.41) is 25.8. The van der Waals surface area contributed by atoms with Gasteiger partial charge in [-0.2, -0.15) is 5.26 Å². The van der Waals surface area contributed by atoms with Crippen molar-refractivity contribution >= 4 is 51.6 Å². The smallest absolute Gasteiger partial charge is 0.234 e. The number of benzene rings is 1. The first-order valence-corrected chi connectivity index (χ1v) is 10.3. The molecule has 0 radical (unpaired) electrons. The lowest BCUT2D eigenvalue weighted by Gasteiger charge is -2.08.